The summed E-state index contributed by atoms with van der Waals surface area (Å²) in [6.45, 7) is 3.47. The quantitative estimate of drug-likeness (QED) is 0.767. The van der Waals surface area contributed by atoms with Crippen LogP contribution in [-0.2, 0) is 16.1 Å². The van der Waals surface area contributed by atoms with Gasteiger partial charge in [-0.05, 0) is 62.9 Å². The average Bonchev–Trinajstić information content (AvgIpc) is 2.69. The van der Waals surface area contributed by atoms with Crippen molar-refractivity contribution in [2.24, 2.45) is 5.92 Å². The predicted molar refractivity (Wildman–Crippen MR) is 104 cm³/mol. The van der Waals surface area contributed by atoms with E-state index in [0.29, 0.717) is 43.2 Å². The Labute approximate surface area is 166 Å². The first-order chi connectivity index (χ1) is 13.4. The highest BCUT2D eigenvalue weighted by molar-refractivity contribution is 5.86. The van der Waals surface area contributed by atoms with Crippen LogP contribution in [-0.4, -0.2) is 73.4 Å². The number of hydrogen-bond donors (Lipinski definition) is 1. The number of carbonyl (C=O) groups is 1. The maximum Gasteiger partial charge on any atom is 0.256 e. The van der Waals surface area contributed by atoms with Crippen molar-refractivity contribution in [2.45, 2.75) is 37.8 Å². The van der Waals surface area contributed by atoms with Gasteiger partial charge in [0.25, 0.3) is 5.91 Å². The molecule has 2 heterocycles. The molecule has 0 spiro atoms. The van der Waals surface area contributed by atoms with Crippen LogP contribution < -0.4 is 4.74 Å². The van der Waals surface area contributed by atoms with Crippen LogP contribution in [0.25, 0.3) is 0 Å². The summed E-state index contributed by atoms with van der Waals surface area (Å²) in [6, 6.07) is 4.51. The summed E-state index contributed by atoms with van der Waals surface area (Å²) in [6.07, 6.45) is 3.17. The van der Waals surface area contributed by atoms with Crippen LogP contribution in [0.15, 0.2) is 18.2 Å². The second kappa shape index (κ2) is 9.20. The third-order valence-corrected chi connectivity index (χ3v) is 5.91. The molecule has 0 aromatic heterocycles. The summed E-state index contributed by atoms with van der Waals surface area (Å²) >= 11 is 0. The normalized spacial score (nSPS) is 24.6. The summed E-state index contributed by atoms with van der Waals surface area (Å²) < 4.78 is 24.6. The lowest BCUT2D eigenvalue weighted by Gasteiger charge is -2.42. The van der Waals surface area contributed by atoms with Gasteiger partial charge in [0.15, 0.2) is 5.60 Å². The van der Waals surface area contributed by atoms with Crippen LogP contribution in [0.3, 0.4) is 0 Å². The Bertz CT molecular complexity index is 678. The summed E-state index contributed by atoms with van der Waals surface area (Å²) in [7, 11) is 3.24. The summed E-state index contributed by atoms with van der Waals surface area (Å²) in [5.74, 6) is 0.420. The molecule has 1 aromatic carbocycles. The lowest BCUT2D eigenvalue weighted by molar-refractivity contribution is -0.160. The highest BCUT2D eigenvalue weighted by atomic mass is 19.1. The largest absolute Gasteiger partial charge is 0.497 e. The number of rotatable bonds is 7. The zero-order valence-electron chi connectivity index (χ0n) is 16.8. The van der Waals surface area contributed by atoms with E-state index in [1.165, 1.54) is 13.2 Å². The third kappa shape index (κ3) is 4.82. The Hall–Kier alpha value is -1.70. The van der Waals surface area contributed by atoms with Crippen LogP contribution in [0, 0.1) is 11.7 Å². The fourth-order valence-corrected chi connectivity index (χ4v) is 4.28. The molecule has 2 aliphatic heterocycles. The molecule has 3 rings (SSSR count). The molecule has 0 unspecified atom stereocenters. The second-order valence-electron chi connectivity index (χ2n) is 7.99. The fourth-order valence-electron chi connectivity index (χ4n) is 4.28. The second-order valence-corrected chi connectivity index (χ2v) is 7.99. The van der Waals surface area contributed by atoms with Crippen LogP contribution >= 0.6 is 0 Å². The van der Waals surface area contributed by atoms with Crippen molar-refractivity contribution in [2.75, 3.05) is 47.0 Å². The lowest BCUT2D eigenvalue weighted by atomic mass is 9.89. The number of β-amino-alcohol motifs (C(OH)–C–C–N with tert-alkyl or cyclic N) is 1. The molecule has 1 amide bonds. The molecule has 156 valence electrons. The van der Waals surface area contributed by atoms with Gasteiger partial charge in [-0.25, -0.2) is 4.39 Å². The number of benzene rings is 1. The Balaban J connectivity index is 1.63. The van der Waals surface area contributed by atoms with E-state index in [2.05, 4.69) is 4.90 Å². The van der Waals surface area contributed by atoms with E-state index in [0.717, 1.165) is 32.5 Å². The first-order valence-corrected chi connectivity index (χ1v) is 10.0. The molecule has 2 fully saturated rings. The minimum atomic E-state index is -1.40. The first kappa shape index (κ1) is 21.0. The van der Waals surface area contributed by atoms with E-state index in [4.69, 9.17) is 9.47 Å². The Morgan fingerprint density at radius 2 is 2.00 bits per heavy atom. The van der Waals surface area contributed by atoms with Gasteiger partial charge >= 0.3 is 0 Å². The number of nitrogens with zero attached hydrogens (tertiary/aromatic N) is 2. The molecule has 28 heavy (non-hydrogen) atoms. The molecule has 2 aliphatic rings. The van der Waals surface area contributed by atoms with Gasteiger partial charge in [-0.1, -0.05) is 0 Å². The molecule has 7 heteroatoms. The van der Waals surface area contributed by atoms with E-state index in [1.807, 2.05) is 0 Å². The predicted octanol–water partition coefficient (Wildman–Crippen LogP) is 2.05. The van der Waals surface area contributed by atoms with Crippen molar-refractivity contribution < 1.29 is 23.8 Å². The number of aliphatic hydroxyl groups is 1. The zero-order chi connectivity index (χ0) is 20.1. The Kier molecular flexibility index (Phi) is 6.91. The summed E-state index contributed by atoms with van der Waals surface area (Å²) in [5.41, 5.74) is -1.00. The number of methoxy groups -OCH3 is 2. The Morgan fingerprint density at radius 3 is 2.68 bits per heavy atom. The van der Waals surface area contributed by atoms with Crippen molar-refractivity contribution in [1.29, 1.82) is 0 Å². The number of ether oxygens (including phenoxy) is 2. The van der Waals surface area contributed by atoms with Gasteiger partial charge in [-0.15, -0.1) is 0 Å². The molecule has 0 saturated carbocycles. The van der Waals surface area contributed by atoms with Crippen molar-refractivity contribution in [1.82, 2.24) is 9.80 Å². The monoisotopic (exact) mass is 394 g/mol. The van der Waals surface area contributed by atoms with Gasteiger partial charge in [-0.2, -0.15) is 0 Å². The van der Waals surface area contributed by atoms with Crippen molar-refractivity contribution >= 4 is 5.91 Å². The van der Waals surface area contributed by atoms with E-state index in [-0.39, 0.29) is 18.3 Å². The van der Waals surface area contributed by atoms with Gasteiger partial charge in [0, 0.05) is 38.9 Å². The van der Waals surface area contributed by atoms with Gasteiger partial charge < -0.3 is 19.5 Å². The maximum absolute atomic E-state index is 14.2. The number of amides is 1. The molecule has 1 atom stereocenters. The highest BCUT2D eigenvalue weighted by Crippen LogP contribution is 2.28. The SMILES string of the molecule is COCC1CCN(C[C@]2(O)CCCN(Cc3cc(OC)ccc3F)C2=O)CC1. The topological polar surface area (TPSA) is 62.2 Å². The lowest BCUT2D eigenvalue weighted by Crippen LogP contribution is -2.59. The van der Waals surface area contributed by atoms with Gasteiger partial charge in [-0.3, -0.25) is 9.69 Å². The third-order valence-electron chi connectivity index (χ3n) is 5.91. The minimum Gasteiger partial charge on any atom is -0.497 e. The molecule has 0 aliphatic carbocycles. The minimum absolute atomic E-state index is 0.139. The van der Waals surface area contributed by atoms with E-state index in [1.54, 1.807) is 24.1 Å². The van der Waals surface area contributed by atoms with Gasteiger partial charge in [0.2, 0.25) is 0 Å². The molecular weight excluding hydrogens is 363 g/mol. The van der Waals surface area contributed by atoms with Crippen molar-refractivity contribution in [3.63, 3.8) is 0 Å². The summed E-state index contributed by atoms with van der Waals surface area (Å²) in [5, 5.41) is 11.1. The number of likely N-dealkylation sites (tertiary alicyclic amines) is 2. The average molecular weight is 394 g/mol. The molecular formula is C21H31FN2O4. The first-order valence-electron chi connectivity index (χ1n) is 10.0. The summed E-state index contributed by atoms with van der Waals surface area (Å²) in [4.78, 5) is 16.8. The fraction of sp³-hybridized carbons (Fsp3) is 0.667. The molecule has 6 nitrogen and oxygen atoms in total. The number of piperidine rings is 2. The molecule has 0 bridgehead atoms. The van der Waals surface area contributed by atoms with Crippen LogP contribution in [0.1, 0.15) is 31.2 Å². The van der Waals surface area contributed by atoms with Crippen LogP contribution in [0.2, 0.25) is 0 Å². The van der Waals surface area contributed by atoms with Crippen LogP contribution in [0.4, 0.5) is 4.39 Å². The number of carbonyl (C=O) groups excluding carboxylic acids is 1. The Morgan fingerprint density at radius 1 is 1.25 bits per heavy atom. The van der Waals surface area contributed by atoms with E-state index >= 15 is 0 Å². The highest BCUT2D eigenvalue weighted by Gasteiger charge is 2.43. The maximum atomic E-state index is 14.2. The standard InChI is InChI=1S/C21H31FN2O4/c1-27-14-16-6-10-23(11-7-16)15-21(26)8-3-9-24(20(21)25)13-17-12-18(28-2)4-5-19(17)22/h4-5,12,16,26H,3,6-11,13-15H2,1-2H3/t21-/m1/s1. The van der Waals surface area contributed by atoms with Crippen molar-refractivity contribution in [3.05, 3.63) is 29.6 Å². The van der Waals surface area contributed by atoms with Gasteiger partial charge in [0.1, 0.15) is 11.6 Å². The molecule has 1 N–H and O–H groups in total. The van der Waals surface area contributed by atoms with Crippen molar-refractivity contribution in [3.8, 4) is 5.75 Å². The number of halogens is 1. The number of hydrogen-bond acceptors (Lipinski definition) is 5. The van der Waals surface area contributed by atoms with E-state index < -0.39 is 5.60 Å². The smallest absolute Gasteiger partial charge is 0.256 e. The van der Waals surface area contributed by atoms with E-state index in [9.17, 15) is 14.3 Å². The molecule has 2 saturated heterocycles. The molecule has 0 radical (unpaired) electrons. The van der Waals surface area contributed by atoms with Gasteiger partial charge in [0.05, 0.1) is 7.11 Å². The molecule has 1 aromatic rings. The van der Waals surface area contributed by atoms with Crippen LogP contribution in [0.5, 0.6) is 5.75 Å². The zero-order valence-corrected chi connectivity index (χ0v) is 16.8.